The summed E-state index contributed by atoms with van der Waals surface area (Å²) in [6.45, 7) is 1.86. The van der Waals surface area contributed by atoms with Crippen molar-refractivity contribution >= 4 is 5.91 Å². The number of carbonyl (C=O) groups excluding carboxylic acids is 1. The molecule has 2 aromatic carbocycles. The zero-order valence-corrected chi connectivity index (χ0v) is 16.1. The first kappa shape index (κ1) is 18.1. The molecule has 0 N–H and O–H groups in total. The van der Waals surface area contributed by atoms with Crippen molar-refractivity contribution in [1.29, 1.82) is 0 Å². The van der Waals surface area contributed by atoms with Crippen LogP contribution < -0.4 is 0 Å². The van der Waals surface area contributed by atoms with Gasteiger partial charge < -0.3 is 9.32 Å². The molecule has 0 saturated heterocycles. The number of rotatable bonds is 5. The Balaban J connectivity index is 1.74. The van der Waals surface area contributed by atoms with Gasteiger partial charge in [-0.25, -0.2) is 0 Å². The maximum absolute atomic E-state index is 12.4. The molecule has 140 valence electrons. The second kappa shape index (κ2) is 7.38. The molecule has 0 aliphatic carbocycles. The highest BCUT2D eigenvalue weighted by Gasteiger charge is 2.27. The third-order valence-electron chi connectivity index (χ3n) is 5.08. The monoisotopic (exact) mass is 370 g/mol. The third kappa shape index (κ3) is 3.21. The van der Waals surface area contributed by atoms with Crippen molar-refractivity contribution in [3.05, 3.63) is 71.5 Å². The number of benzene rings is 2. The summed E-state index contributed by atoms with van der Waals surface area (Å²) in [5, 5.41) is 0. The average molecular weight is 370 g/mol. The summed E-state index contributed by atoms with van der Waals surface area (Å²) in [4.78, 5) is 16.2. The molecule has 4 heteroatoms. The molecule has 1 amide bonds. The zero-order valence-electron chi connectivity index (χ0n) is 16.1. The quantitative estimate of drug-likeness (QED) is 0.630. The minimum atomic E-state index is 0.0752. The Morgan fingerprint density at radius 3 is 2.54 bits per heavy atom. The highest BCUT2D eigenvalue weighted by Crippen LogP contribution is 2.38. The highest BCUT2D eigenvalue weighted by molar-refractivity contribution is 6.01. The Morgan fingerprint density at radius 2 is 1.75 bits per heavy atom. The van der Waals surface area contributed by atoms with Gasteiger partial charge in [-0.1, -0.05) is 42.3 Å². The van der Waals surface area contributed by atoms with Crippen molar-refractivity contribution < 1.29 is 9.21 Å². The second-order valence-electron chi connectivity index (χ2n) is 7.18. The van der Waals surface area contributed by atoms with Crippen LogP contribution in [-0.2, 0) is 13.1 Å². The van der Waals surface area contributed by atoms with Crippen LogP contribution in [-0.4, -0.2) is 36.3 Å². The smallest absolute Gasteiger partial charge is 0.254 e. The van der Waals surface area contributed by atoms with Crippen molar-refractivity contribution in [3.63, 3.8) is 0 Å². The molecule has 0 bridgehead atoms. The molecule has 4 nitrogen and oxygen atoms in total. The van der Waals surface area contributed by atoms with E-state index in [0.29, 0.717) is 19.6 Å². The van der Waals surface area contributed by atoms with Gasteiger partial charge in [0.05, 0.1) is 13.1 Å². The highest BCUT2D eigenvalue weighted by atomic mass is 16.3. The fourth-order valence-corrected chi connectivity index (χ4v) is 3.74. The van der Waals surface area contributed by atoms with Crippen LogP contribution in [0.5, 0.6) is 0 Å². The summed E-state index contributed by atoms with van der Waals surface area (Å²) >= 11 is 0. The fourth-order valence-electron chi connectivity index (χ4n) is 3.74. The molecule has 4 rings (SSSR count). The molecule has 0 radical (unpaired) electrons. The van der Waals surface area contributed by atoms with E-state index in [9.17, 15) is 4.79 Å². The van der Waals surface area contributed by atoms with Crippen molar-refractivity contribution in [1.82, 2.24) is 9.80 Å². The Bertz CT molecular complexity index is 1070. The van der Waals surface area contributed by atoms with Gasteiger partial charge in [-0.05, 0) is 41.9 Å². The van der Waals surface area contributed by atoms with E-state index in [1.165, 1.54) is 0 Å². The Labute approximate surface area is 165 Å². The molecule has 2 heterocycles. The minimum absolute atomic E-state index is 0.0752. The number of fused-ring (bicyclic) bond motifs is 1. The van der Waals surface area contributed by atoms with Crippen LogP contribution in [0.2, 0.25) is 0 Å². The molecule has 1 aliphatic rings. The Kier molecular flexibility index (Phi) is 4.77. The Hall–Kier alpha value is -3.29. The molecule has 1 aliphatic heterocycles. The number of nitrogens with zero attached hydrogens (tertiary/aromatic N) is 2. The van der Waals surface area contributed by atoms with Crippen LogP contribution in [0.3, 0.4) is 0 Å². The van der Waals surface area contributed by atoms with E-state index >= 15 is 0 Å². The van der Waals surface area contributed by atoms with Gasteiger partial charge in [-0.15, -0.1) is 6.42 Å². The predicted molar refractivity (Wildman–Crippen MR) is 111 cm³/mol. The van der Waals surface area contributed by atoms with Gasteiger partial charge in [0.15, 0.2) is 0 Å². The number of carbonyl (C=O) groups is 1. The lowest BCUT2D eigenvalue weighted by Gasteiger charge is -2.13. The molecule has 0 spiro atoms. The summed E-state index contributed by atoms with van der Waals surface area (Å²) < 4.78 is 6.12. The van der Waals surface area contributed by atoms with E-state index in [0.717, 1.165) is 39.3 Å². The number of hydrogen-bond acceptors (Lipinski definition) is 3. The van der Waals surface area contributed by atoms with Gasteiger partial charge >= 0.3 is 0 Å². The van der Waals surface area contributed by atoms with E-state index in [2.05, 4.69) is 24.1 Å². The maximum Gasteiger partial charge on any atom is 0.254 e. The van der Waals surface area contributed by atoms with Crippen LogP contribution in [0.1, 0.15) is 21.7 Å². The van der Waals surface area contributed by atoms with Crippen molar-refractivity contribution in [2.75, 3.05) is 20.6 Å². The molecule has 0 fully saturated rings. The van der Waals surface area contributed by atoms with E-state index in [1.807, 2.05) is 55.4 Å². The lowest BCUT2D eigenvalue weighted by atomic mass is 9.92. The van der Waals surface area contributed by atoms with E-state index in [1.54, 1.807) is 4.90 Å². The summed E-state index contributed by atoms with van der Waals surface area (Å²) in [5.74, 6) is 4.40. The number of terminal acetylenes is 1. The summed E-state index contributed by atoms with van der Waals surface area (Å²) in [6.07, 6.45) is 5.38. The molecule has 0 saturated carbocycles. The molecule has 0 unspecified atom stereocenters. The van der Waals surface area contributed by atoms with Crippen molar-refractivity contribution in [3.8, 4) is 34.8 Å². The number of furan rings is 1. The lowest BCUT2D eigenvalue weighted by molar-refractivity contribution is 0.0816. The van der Waals surface area contributed by atoms with Crippen LogP contribution in [0.25, 0.3) is 22.5 Å². The van der Waals surface area contributed by atoms with E-state index < -0.39 is 0 Å². The van der Waals surface area contributed by atoms with Gasteiger partial charge in [0.25, 0.3) is 5.91 Å². The topological polar surface area (TPSA) is 36.7 Å². The summed E-state index contributed by atoms with van der Waals surface area (Å²) in [7, 11) is 3.81. The SMILES string of the molecule is C#CCN(C)Cc1ccc(-c2ccccc2-c2cccc3c2CN(C)C3=O)o1. The Morgan fingerprint density at radius 1 is 1.04 bits per heavy atom. The first-order chi connectivity index (χ1) is 13.6. The lowest BCUT2D eigenvalue weighted by Crippen LogP contribution is -2.17. The van der Waals surface area contributed by atoms with E-state index in [-0.39, 0.29) is 5.91 Å². The third-order valence-corrected chi connectivity index (χ3v) is 5.08. The summed E-state index contributed by atoms with van der Waals surface area (Å²) in [6, 6.07) is 18.1. The largest absolute Gasteiger partial charge is 0.460 e. The van der Waals surface area contributed by atoms with Crippen LogP contribution >= 0.6 is 0 Å². The molecule has 0 atom stereocenters. The van der Waals surface area contributed by atoms with Crippen LogP contribution in [0.15, 0.2) is 59.0 Å². The molecule has 1 aromatic heterocycles. The number of amides is 1. The van der Waals surface area contributed by atoms with Gasteiger partial charge in [0.2, 0.25) is 0 Å². The molecule has 3 aromatic rings. The minimum Gasteiger partial charge on any atom is -0.460 e. The normalized spacial score (nSPS) is 13.1. The van der Waals surface area contributed by atoms with E-state index in [4.69, 9.17) is 10.8 Å². The van der Waals surface area contributed by atoms with Crippen molar-refractivity contribution in [2.24, 2.45) is 0 Å². The van der Waals surface area contributed by atoms with Gasteiger partial charge in [0.1, 0.15) is 11.5 Å². The maximum atomic E-state index is 12.4. The second-order valence-corrected chi connectivity index (χ2v) is 7.18. The average Bonchev–Trinajstić information content (AvgIpc) is 3.27. The standard InChI is InChI=1S/C24H22N2O2/c1-4-14-25(2)15-17-12-13-23(28-17)20-9-6-5-8-18(20)19-10-7-11-21-22(19)16-26(3)24(21)27/h1,5-13H,14-16H2,2-3H3. The first-order valence-corrected chi connectivity index (χ1v) is 9.26. The van der Waals surface area contributed by atoms with Gasteiger partial charge in [-0.3, -0.25) is 9.69 Å². The summed E-state index contributed by atoms with van der Waals surface area (Å²) in [5.41, 5.74) is 5.02. The first-order valence-electron chi connectivity index (χ1n) is 9.26. The van der Waals surface area contributed by atoms with Gasteiger partial charge in [-0.2, -0.15) is 0 Å². The fraction of sp³-hybridized carbons (Fsp3) is 0.208. The molecule has 28 heavy (non-hydrogen) atoms. The van der Waals surface area contributed by atoms with Crippen LogP contribution in [0.4, 0.5) is 0 Å². The number of hydrogen-bond donors (Lipinski definition) is 0. The van der Waals surface area contributed by atoms with Crippen molar-refractivity contribution in [2.45, 2.75) is 13.1 Å². The molecular formula is C24H22N2O2. The predicted octanol–water partition coefficient (Wildman–Crippen LogP) is 4.26. The van der Waals surface area contributed by atoms with Gasteiger partial charge in [0, 0.05) is 24.7 Å². The zero-order chi connectivity index (χ0) is 19.7. The van der Waals surface area contributed by atoms with Crippen LogP contribution in [0, 0.1) is 12.3 Å². The molecular weight excluding hydrogens is 348 g/mol.